The Kier molecular flexibility index (Phi) is 1.88. The van der Waals surface area contributed by atoms with Gasteiger partial charge >= 0.3 is 0 Å². The number of rotatable bonds is 0. The quantitative estimate of drug-likeness (QED) is 0.620. The second-order valence-corrected chi connectivity index (χ2v) is 6.44. The van der Waals surface area contributed by atoms with Crippen molar-refractivity contribution in [1.29, 1.82) is 0 Å². The van der Waals surface area contributed by atoms with Crippen LogP contribution in [0.2, 0.25) is 0 Å². The molecule has 90 valence electrons. The normalized spacial score (nSPS) is 26.6. The molecule has 0 aromatic heterocycles. The average Bonchev–Trinajstić information content (AvgIpc) is 2.38. The minimum atomic E-state index is 0.382. The van der Waals surface area contributed by atoms with E-state index in [1.54, 1.807) is 22.3 Å². The Morgan fingerprint density at radius 1 is 0.778 bits per heavy atom. The molecule has 3 aliphatic carbocycles. The molecule has 0 unspecified atom stereocenters. The summed E-state index contributed by atoms with van der Waals surface area (Å²) in [7, 11) is 0. The minimum absolute atomic E-state index is 0.382. The van der Waals surface area contributed by atoms with Crippen molar-refractivity contribution in [3.05, 3.63) is 70.8 Å². The molecular formula is C18H18. The van der Waals surface area contributed by atoms with Gasteiger partial charge in [0.15, 0.2) is 0 Å². The van der Waals surface area contributed by atoms with Crippen molar-refractivity contribution in [1.82, 2.24) is 0 Å². The summed E-state index contributed by atoms with van der Waals surface area (Å²) < 4.78 is 0. The molecule has 0 amide bonds. The average molecular weight is 234 g/mol. The third-order valence-corrected chi connectivity index (χ3v) is 4.88. The van der Waals surface area contributed by atoms with Crippen molar-refractivity contribution >= 4 is 0 Å². The van der Waals surface area contributed by atoms with Crippen molar-refractivity contribution in [3.8, 4) is 0 Å². The third-order valence-electron chi connectivity index (χ3n) is 4.88. The first-order valence-corrected chi connectivity index (χ1v) is 6.86. The van der Waals surface area contributed by atoms with Crippen molar-refractivity contribution in [2.75, 3.05) is 0 Å². The van der Waals surface area contributed by atoms with Gasteiger partial charge in [-0.15, -0.1) is 0 Å². The highest BCUT2D eigenvalue weighted by Crippen LogP contribution is 2.60. The van der Waals surface area contributed by atoms with Gasteiger partial charge in [-0.1, -0.05) is 62.4 Å². The zero-order valence-electron chi connectivity index (χ0n) is 11.0. The van der Waals surface area contributed by atoms with E-state index in [1.165, 1.54) is 6.42 Å². The number of fused-ring (bicyclic) bond motifs is 1. The number of hydrogen-bond acceptors (Lipinski definition) is 0. The maximum atomic E-state index is 2.43. The largest absolute Gasteiger partial charge is 0.0620 e. The number of benzene rings is 2. The molecule has 0 heteroatoms. The second kappa shape index (κ2) is 3.26. The smallest absolute Gasteiger partial charge is 0.0147 e. The topological polar surface area (TPSA) is 0 Å². The minimum Gasteiger partial charge on any atom is -0.0620 e. The third kappa shape index (κ3) is 1.16. The van der Waals surface area contributed by atoms with Gasteiger partial charge in [0.1, 0.15) is 0 Å². The summed E-state index contributed by atoms with van der Waals surface area (Å²) in [6.07, 6.45) is 1.28. The maximum Gasteiger partial charge on any atom is 0.0147 e. The summed E-state index contributed by atoms with van der Waals surface area (Å²) in [5, 5.41) is 0. The lowest BCUT2D eigenvalue weighted by molar-refractivity contribution is 0.237. The Hall–Kier alpha value is -1.56. The Bertz CT molecular complexity index is 574. The highest BCUT2D eigenvalue weighted by Gasteiger charge is 2.47. The van der Waals surface area contributed by atoms with Gasteiger partial charge in [0.05, 0.1) is 0 Å². The van der Waals surface area contributed by atoms with Crippen molar-refractivity contribution < 1.29 is 0 Å². The zero-order valence-corrected chi connectivity index (χ0v) is 11.0. The molecule has 18 heavy (non-hydrogen) atoms. The van der Waals surface area contributed by atoms with Gasteiger partial charge in [-0.25, -0.2) is 0 Å². The fourth-order valence-electron chi connectivity index (χ4n) is 4.22. The van der Waals surface area contributed by atoms with E-state index in [1.807, 2.05) is 0 Å². The Morgan fingerprint density at radius 2 is 1.22 bits per heavy atom. The van der Waals surface area contributed by atoms with E-state index in [9.17, 15) is 0 Å². The fourth-order valence-corrected chi connectivity index (χ4v) is 4.22. The van der Waals surface area contributed by atoms with Gasteiger partial charge in [0.2, 0.25) is 0 Å². The van der Waals surface area contributed by atoms with Crippen LogP contribution in [0.25, 0.3) is 0 Å². The molecule has 0 atom stereocenters. The predicted octanol–water partition coefficient (Wildman–Crippen LogP) is 4.69. The number of hydrogen-bond donors (Lipinski definition) is 0. The molecule has 0 N–H and O–H groups in total. The SMILES string of the molecule is CC1(C)CC2c3ccccc3C1c1ccccc12. The molecule has 0 spiro atoms. The van der Waals surface area contributed by atoms with Crippen LogP contribution in [0.1, 0.15) is 54.4 Å². The maximum absolute atomic E-state index is 2.43. The molecule has 0 saturated heterocycles. The van der Waals surface area contributed by atoms with E-state index in [0.29, 0.717) is 17.3 Å². The van der Waals surface area contributed by atoms with Crippen LogP contribution in [0.5, 0.6) is 0 Å². The lowest BCUT2D eigenvalue weighted by atomic mass is 9.53. The van der Waals surface area contributed by atoms with E-state index >= 15 is 0 Å². The van der Waals surface area contributed by atoms with E-state index in [-0.39, 0.29) is 0 Å². The van der Waals surface area contributed by atoms with Gasteiger partial charge in [-0.2, -0.15) is 0 Å². The van der Waals surface area contributed by atoms with Gasteiger partial charge in [0.25, 0.3) is 0 Å². The molecule has 0 fully saturated rings. The first-order chi connectivity index (χ1) is 8.68. The first kappa shape index (κ1) is 10.4. The van der Waals surface area contributed by atoms with Crippen LogP contribution in [-0.2, 0) is 0 Å². The standard InChI is InChI=1S/C18H18/c1-18(2)11-16-12-7-3-5-9-14(12)17(18)15-10-6-4-8-13(15)16/h3-10,16-17H,11H2,1-2H3. The van der Waals surface area contributed by atoms with Crippen LogP contribution < -0.4 is 0 Å². The van der Waals surface area contributed by atoms with Crippen LogP contribution in [0.4, 0.5) is 0 Å². The molecule has 2 aromatic carbocycles. The highest BCUT2D eigenvalue weighted by molar-refractivity contribution is 5.56. The summed E-state index contributed by atoms with van der Waals surface area (Å²) in [5.74, 6) is 1.19. The van der Waals surface area contributed by atoms with Crippen LogP contribution in [0.15, 0.2) is 48.5 Å². The van der Waals surface area contributed by atoms with Crippen LogP contribution in [0, 0.1) is 5.41 Å². The zero-order chi connectivity index (χ0) is 12.3. The van der Waals surface area contributed by atoms with E-state index in [0.717, 1.165) is 0 Å². The molecule has 5 rings (SSSR count). The van der Waals surface area contributed by atoms with Gasteiger partial charge < -0.3 is 0 Å². The van der Waals surface area contributed by atoms with Crippen molar-refractivity contribution in [2.45, 2.75) is 32.1 Å². The molecule has 0 nitrogen and oxygen atoms in total. The van der Waals surface area contributed by atoms with Crippen LogP contribution in [-0.4, -0.2) is 0 Å². The summed E-state index contributed by atoms with van der Waals surface area (Å²) >= 11 is 0. The Balaban J connectivity index is 2.06. The molecule has 3 aliphatic rings. The lowest BCUT2D eigenvalue weighted by Gasteiger charge is -2.50. The molecule has 0 saturated carbocycles. The fraction of sp³-hybridized carbons (Fsp3) is 0.333. The van der Waals surface area contributed by atoms with E-state index < -0.39 is 0 Å². The summed E-state index contributed by atoms with van der Waals surface area (Å²) in [6, 6.07) is 18.1. The molecule has 2 aromatic rings. The van der Waals surface area contributed by atoms with Crippen LogP contribution in [0.3, 0.4) is 0 Å². The predicted molar refractivity (Wildman–Crippen MR) is 75.0 cm³/mol. The molecule has 0 heterocycles. The summed E-state index contributed by atoms with van der Waals surface area (Å²) in [6.45, 7) is 4.85. The lowest BCUT2D eigenvalue weighted by Crippen LogP contribution is -2.37. The second-order valence-electron chi connectivity index (χ2n) is 6.44. The summed E-state index contributed by atoms with van der Waals surface area (Å²) in [4.78, 5) is 0. The van der Waals surface area contributed by atoms with E-state index in [4.69, 9.17) is 0 Å². The van der Waals surface area contributed by atoms with Crippen LogP contribution >= 0.6 is 0 Å². The molecule has 0 aliphatic heterocycles. The van der Waals surface area contributed by atoms with Crippen molar-refractivity contribution in [2.24, 2.45) is 5.41 Å². The Labute approximate surface area is 109 Å². The first-order valence-electron chi connectivity index (χ1n) is 6.86. The van der Waals surface area contributed by atoms with Crippen molar-refractivity contribution in [3.63, 3.8) is 0 Å². The molecule has 2 bridgehead atoms. The van der Waals surface area contributed by atoms with Gasteiger partial charge in [-0.05, 0) is 34.1 Å². The molecule has 0 radical (unpaired) electrons. The molecular weight excluding hydrogens is 216 g/mol. The Morgan fingerprint density at radius 3 is 1.72 bits per heavy atom. The highest BCUT2D eigenvalue weighted by atomic mass is 14.5. The van der Waals surface area contributed by atoms with Gasteiger partial charge in [-0.3, -0.25) is 0 Å². The monoisotopic (exact) mass is 234 g/mol. The summed E-state index contributed by atoms with van der Waals surface area (Å²) in [5.41, 5.74) is 6.66. The van der Waals surface area contributed by atoms with Gasteiger partial charge in [0, 0.05) is 11.8 Å². The van der Waals surface area contributed by atoms with E-state index in [2.05, 4.69) is 62.4 Å².